The molecule has 0 unspecified atom stereocenters. The maximum absolute atomic E-state index is 14.3. The number of hydrogen-bond donors (Lipinski definition) is 0. The van der Waals surface area contributed by atoms with E-state index >= 15 is 0 Å². The molecule has 0 fully saturated rings. The van der Waals surface area contributed by atoms with Crippen LogP contribution in [0.1, 0.15) is 51.4 Å². The molecule has 1 aromatic carbocycles. The van der Waals surface area contributed by atoms with Gasteiger partial charge >= 0.3 is 0 Å². The predicted molar refractivity (Wildman–Crippen MR) is 112 cm³/mol. The van der Waals surface area contributed by atoms with Gasteiger partial charge in [-0.2, -0.15) is 12.6 Å². The van der Waals surface area contributed by atoms with E-state index in [4.69, 9.17) is 0 Å². The number of benzene rings is 1. The molecule has 1 nitrogen and oxygen atoms in total. The van der Waals surface area contributed by atoms with Gasteiger partial charge in [0.2, 0.25) is 0 Å². The Morgan fingerprint density at radius 3 is 2.31 bits per heavy atom. The Morgan fingerprint density at radius 1 is 1.23 bits per heavy atom. The monoisotopic (exact) mass is 426 g/mol. The molecule has 0 atom stereocenters. The summed E-state index contributed by atoms with van der Waals surface area (Å²) in [5.74, 6) is 0. The standard InChI is InChI=1S/C19H16FN.2C2H6.Y/c1-5-9-14(7-3)15-11-12-19-17(13-15)16(10-6-2)18(8-4)21(19)20;2*1-2;/h5-6,8-10,12-13H,1,3-4H2,2H3;2*1-2H3;/q-2;;;/b10-6-,14-9+;;;. The van der Waals surface area contributed by atoms with Crippen LogP contribution in [0.4, 0.5) is 4.48 Å². The fourth-order valence-corrected chi connectivity index (χ4v) is 2.28. The van der Waals surface area contributed by atoms with E-state index in [1.165, 1.54) is 6.08 Å². The van der Waals surface area contributed by atoms with Gasteiger partial charge in [0.15, 0.2) is 0 Å². The fourth-order valence-electron chi connectivity index (χ4n) is 2.28. The van der Waals surface area contributed by atoms with Gasteiger partial charge in [0.1, 0.15) is 0 Å². The van der Waals surface area contributed by atoms with Crippen molar-refractivity contribution >= 4 is 28.6 Å². The SMILES string of the molecule is C=[C-]/C(=C\C=C)c1[c-]cc2c(c1)c(/C=C\C)c(C=C)n2F.CC.CC.[Y]. The van der Waals surface area contributed by atoms with Gasteiger partial charge in [0.05, 0.1) is 5.69 Å². The molecule has 1 heterocycles. The molecule has 3 heteroatoms. The molecule has 0 bridgehead atoms. The molecule has 0 aliphatic rings. The number of rotatable bonds is 5. The Balaban J connectivity index is 0. The summed E-state index contributed by atoms with van der Waals surface area (Å²) in [5.41, 5.74) is 3.26. The van der Waals surface area contributed by atoms with Crippen LogP contribution in [0.15, 0.2) is 50.1 Å². The zero-order valence-corrected chi connectivity index (χ0v) is 19.4. The number of fused-ring (bicyclic) bond motifs is 1. The van der Waals surface area contributed by atoms with Crippen LogP contribution in [0, 0.1) is 12.1 Å². The summed E-state index contributed by atoms with van der Waals surface area (Å²) in [6.45, 7) is 20.9. The Bertz CT molecular complexity index is 779. The van der Waals surface area contributed by atoms with Crippen molar-refractivity contribution < 1.29 is 37.2 Å². The van der Waals surface area contributed by atoms with Gasteiger partial charge in [-0.15, -0.1) is 23.2 Å². The fraction of sp³-hybridized carbons (Fsp3) is 0.217. The number of nitrogens with zero attached hydrogens (tertiary/aromatic N) is 1. The van der Waals surface area contributed by atoms with Crippen molar-refractivity contribution in [2.45, 2.75) is 34.6 Å². The molecule has 0 spiro atoms. The molecular formula is C23H28FNY-2. The summed E-state index contributed by atoms with van der Waals surface area (Å²) >= 11 is 0. The second kappa shape index (κ2) is 14.6. The molecule has 0 amide bonds. The zero-order chi connectivity index (χ0) is 19.4. The van der Waals surface area contributed by atoms with Crippen molar-refractivity contribution in [3.8, 4) is 0 Å². The minimum absolute atomic E-state index is 0. The Hall–Kier alpha value is -1.51. The predicted octanol–water partition coefficient (Wildman–Crippen LogP) is 7.46. The smallest absolute Gasteiger partial charge is 0.0697 e. The Kier molecular flexibility index (Phi) is 15.0. The number of halogens is 1. The first-order chi connectivity index (χ1) is 12.2. The van der Waals surface area contributed by atoms with Crippen LogP contribution in [-0.4, -0.2) is 4.79 Å². The molecule has 0 aliphatic heterocycles. The molecule has 0 aliphatic carbocycles. The van der Waals surface area contributed by atoms with Crippen LogP contribution in [0.5, 0.6) is 0 Å². The van der Waals surface area contributed by atoms with E-state index in [0.29, 0.717) is 16.0 Å². The maximum Gasteiger partial charge on any atom is 0.0697 e. The van der Waals surface area contributed by atoms with E-state index in [2.05, 4.69) is 31.9 Å². The molecule has 1 radical (unpaired) electrons. The van der Waals surface area contributed by atoms with Gasteiger partial charge in [0, 0.05) is 32.7 Å². The minimum atomic E-state index is 0. The molecule has 0 saturated carbocycles. The Morgan fingerprint density at radius 2 is 1.85 bits per heavy atom. The molecule has 26 heavy (non-hydrogen) atoms. The minimum Gasteiger partial charge on any atom is -0.269 e. The molecular weight excluding hydrogens is 398 g/mol. The molecule has 137 valence electrons. The van der Waals surface area contributed by atoms with Crippen LogP contribution >= 0.6 is 0 Å². The second-order valence-electron chi connectivity index (χ2n) is 4.42. The van der Waals surface area contributed by atoms with E-state index in [-0.39, 0.29) is 32.7 Å². The van der Waals surface area contributed by atoms with Crippen LogP contribution in [0.3, 0.4) is 0 Å². The molecule has 1 aromatic heterocycles. The van der Waals surface area contributed by atoms with Crippen molar-refractivity contribution in [2.75, 3.05) is 0 Å². The van der Waals surface area contributed by atoms with Crippen molar-refractivity contribution in [2.24, 2.45) is 0 Å². The molecule has 2 aromatic rings. The zero-order valence-electron chi connectivity index (χ0n) is 16.6. The summed E-state index contributed by atoms with van der Waals surface area (Å²) < 4.78 is 14.3. The third-order valence-electron chi connectivity index (χ3n) is 3.21. The van der Waals surface area contributed by atoms with E-state index < -0.39 is 0 Å². The number of allylic oxidation sites excluding steroid dienone is 5. The van der Waals surface area contributed by atoms with Crippen LogP contribution < -0.4 is 0 Å². The van der Waals surface area contributed by atoms with Gasteiger partial charge < -0.3 is 0 Å². The summed E-state index contributed by atoms with van der Waals surface area (Å²) in [5, 5.41) is 0.796. The van der Waals surface area contributed by atoms with E-state index in [9.17, 15) is 4.48 Å². The average molecular weight is 426 g/mol. The van der Waals surface area contributed by atoms with Crippen molar-refractivity contribution in [3.05, 3.63) is 79.1 Å². The molecule has 0 N–H and O–H groups in total. The van der Waals surface area contributed by atoms with Crippen LogP contribution in [0.2, 0.25) is 0 Å². The van der Waals surface area contributed by atoms with Gasteiger partial charge in [-0.3, -0.25) is 11.1 Å². The second-order valence-corrected chi connectivity index (χ2v) is 4.42. The summed E-state index contributed by atoms with van der Waals surface area (Å²) in [4.78, 5) is 0.631. The maximum atomic E-state index is 14.3. The average Bonchev–Trinajstić information content (AvgIpc) is 2.94. The van der Waals surface area contributed by atoms with Crippen molar-refractivity contribution in [1.29, 1.82) is 0 Å². The quantitative estimate of drug-likeness (QED) is 0.345. The third kappa shape index (κ3) is 6.04. The first-order valence-corrected chi connectivity index (χ1v) is 8.55. The third-order valence-corrected chi connectivity index (χ3v) is 3.21. The first kappa shape index (κ1) is 26.7. The van der Waals surface area contributed by atoms with E-state index in [1.807, 2.05) is 52.8 Å². The summed E-state index contributed by atoms with van der Waals surface area (Å²) in [7, 11) is 0. The summed E-state index contributed by atoms with van der Waals surface area (Å²) in [6.07, 6.45) is 11.5. The van der Waals surface area contributed by atoms with Gasteiger partial charge in [0.25, 0.3) is 0 Å². The van der Waals surface area contributed by atoms with Crippen LogP contribution in [0.25, 0.3) is 28.6 Å². The van der Waals surface area contributed by atoms with E-state index in [0.717, 1.165) is 22.1 Å². The molecule has 0 saturated heterocycles. The van der Waals surface area contributed by atoms with Crippen LogP contribution in [-0.2, 0) is 32.7 Å². The van der Waals surface area contributed by atoms with Crippen molar-refractivity contribution in [3.63, 3.8) is 0 Å². The number of hydrogen-bond acceptors (Lipinski definition) is 0. The van der Waals surface area contributed by atoms with Gasteiger partial charge in [-0.1, -0.05) is 51.8 Å². The first-order valence-electron chi connectivity index (χ1n) is 8.55. The van der Waals surface area contributed by atoms with Gasteiger partial charge in [-0.25, -0.2) is 23.0 Å². The largest absolute Gasteiger partial charge is 0.269 e. The Labute approximate surface area is 183 Å². The normalized spacial score (nSPS) is 10.2. The summed E-state index contributed by atoms with van der Waals surface area (Å²) in [6, 6.07) is 6.56. The van der Waals surface area contributed by atoms with E-state index in [1.54, 1.807) is 18.2 Å². The molecule has 2 rings (SSSR count). The van der Waals surface area contributed by atoms with Crippen molar-refractivity contribution in [1.82, 2.24) is 4.79 Å². The topological polar surface area (TPSA) is 4.93 Å². The number of aromatic nitrogens is 1. The van der Waals surface area contributed by atoms with Gasteiger partial charge in [-0.05, 0) is 24.1 Å².